The van der Waals surface area contributed by atoms with Gasteiger partial charge in [0.1, 0.15) is 0 Å². The number of nitrogens with one attached hydrogen (secondary N) is 1. The Labute approximate surface area is 125 Å². The molecule has 0 fully saturated rings. The molecule has 1 heterocycles. The summed E-state index contributed by atoms with van der Waals surface area (Å²) < 4.78 is 39.8. The van der Waals surface area contributed by atoms with Crippen LogP contribution >= 0.6 is 11.6 Å². The van der Waals surface area contributed by atoms with Crippen LogP contribution < -0.4 is 5.32 Å². The first kappa shape index (κ1) is 15.7. The van der Waals surface area contributed by atoms with Crippen molar-refractivity contribution < 1.29 is 13.2 Å². The Kier molecular flexibility index (Phi) is 4.18. The first-order valence-electron chi connectivity index (χ1n) is 6.30. The van der Waals surface area contributed by atoms with E-state index in [0.717, 1.165) is 23.4 Å². The van der Waals surface area contributed by atoms with E-state index in [9.17, 15) is 13.2 Å². The number of hydrogen-bond donors (Lipinski definition) is 1. The third kappa shape index (κ3) is 3.32. The number of nitrogens with zero attached hydrogens (tertiary/aromatic N) is 2. The number of benzene rings is 1. The van der Waals surface area contributed by atoms with Crippen LogP contribution in [0.5, 0.6) is 0 Å². The number of aromatic nitrogens is 2. The largest absolute Gasteiger partial charge is 0.416 e. The van der Waals surface area contributed by atoms with Crippen LogP contribution in [0, 0.1) is 13.8 Å². The summed E-state index contributed by atoms with van der Waals surface area (Å²) >= 11 is 6.12. The maximum atomic E-state index is 12.7. The lowest BCUT2D eigenvalue weighted by Crippen LogP contribution is -2.09. The minimum atomic E-state index is -4.36. The number of rotatable bonds is 3. The van der Waals surface area contributed by atoms with Crippen LogP contribution in [0.4, 0.5) is 18.9 Å². The Hall–Kier alpha value is -1.69. The predicted octanol–water partition coefficient (Wildman–Crippen LogP) is 4.32. The van der Waals surface area contributed by atoms with Gasteiger partial charge in [0.05, 0.1) is 28.5 Å². The molecule has 0 spiro atoms. The molecule has 114 valence electrons. The van der Waals surface area contributed by atoms with E-state index in [-0.39, 0.29) is 0 Å². The summed E-state index contributed by atoms with van der Waals surface area (Å²) in [5.74, 6) is 0. The first-order chi connectivity index (χ1) is 9.70. The average molecular weight is 318 g/mol. The third-order valence-electron chi connectivity index (χ3n) is 3.27. The average Bonchev–Trinajstić information content (AvgIpc) is 2.62. The van der Waals surface area contributed by atoms with E-state index in [0.29, 0.717) is 22.9 Å². The summed E-state index contributed by atoms with van der Waals surface area (Å²) in [6.07, 6.45) is -4.36. The fraction of sp³-hybridized carbons (Fsp3) is 0.357. The van der Waals surface area contributed by atoms with Gasteiger partial charge in [0.15, 0.2) is 0 Å². The molecule has 0 bridgehead atoms. The number of aryl methyl sites for hydroxylation is 3. The van der Waals surface area contributed by atoms with Crippen LogP contribution in [0.2, 0.25) is 5.02 Å². The SMILES string of the molecule is Cc1ccc(C(F)(F)F)cc1NCc1c(Cl)c(C)nn1C. The fourth-order valence-corrected chi connectivity index (χ4v) is 2.27. The molecule has 21 heavy (non-hydrogen) atoms. The minimum Gasteiger partial charge on any atom is -0.379 e. The summed E-state index contributed by atoms with van der Waals surface area (Å²) in [7, 11) is 1.74. The molecule has 1 aromatic carbocycles. The number of hydrogen-bond acceptors (Lipinski definition) is 2. The van der Waals surface area contributed by atoms with Gasteiger partial charge in [-0.2, -0.15) is 18.3 Å². The second-order valence-electron chi connectivity index (χ2n) is 4.85. The molecule has 0 saturated heterocycles. The van der Waals surface area contributed by atoms with Gasteiger partial charge in [0.25, 0.3) is 0 Å². The molecule has 1 aromatic heterocycles. The molecule has 0 aliphatic carbocycles. The lowest BCUT2D eigenvalue weighted by molar-refractivity contribution is -0.137. The first-order valence-corrected chi connectivity index (χ1v) is 6.67. The van der Waals surface area contributed by atoms with E-state index >= 15 is 0 Å². The smallest absolute Gasteiger partial charge is 0.379 e. The maximum Gasteiger partial charge on any atom is 0.416 e. The monoisotopic (exact) mass is 317 g/mol. The Morgan fingerprint density at radius 3 is 2.48 bits per heavy atom. The summed E-state index contributed by atoms with van der Waals surface area (Å²) in [6, 6.07) is 3.62. The lowest BCUT2D eigenvalue weighted by Gasteiger charge is -2.13. The molecule has 0 saturated carbocycles. The summed E-state index contributed by atoms with van der Waals surface area (Å²) in [5.41, 5.74) is 1.91. The van der Waals surface area contributed by atoms with Crippen molar-refractivity contribution in [3.05, 3.63) is 45.7 Å². The molecule has 1 N–H and O–H groups in total. The van der Waals surface area contributed by atoms with Crippen LogP contribution in [0.15, 0.2) is 18.2 Å². The minimum absolute atomic E-state index is 0.304. The molecule has 3 nitrogen and oxygen atoms in total. The standard InChI is InChI=1S/C14H15ClF3N3/c1-8-4-5-10(14(16,17)18)6-11(8)19-7-12-13(15)9(2)20-21(12)3/h4-6,19H,7H2,1-3H3. The van der Waals surface area contributed by atoms with Gasteiger partial charge in [-0.3, -0.25) is 4.68 Å². The Balaban J connectivity index is 2.24. The highest BCUT2D eigenvalue weighted by molar-refractivity contribution is 6.31. The van der Waals surface area contributed by atoms with E-state index in [1.54, 1.807) is 25.6 Å². The Morgan fingerprint density at radius 1 is 1.29 bits per heavy atom. The second kappa shape index (κ2) is 5.60. The number of anilines is 1. The molecule has 0 unspecified atom stereocenters. The van der Waals surface area contributed by atoms with Gasteiger partial charge in [-0.1, -0.05) is 17.7 Å². The van der Waals surface area contributed by atoms with Gasteiger partial charge >= 0.3 is 6.18 Å². The van der Waals surface area contributed by atoms with Crippen molar-refractivity contribution in [1.29, 1.82) is 0 Å². The van der Waals surface area contributed by atoms with Crippen molar-refractivity contribution in [2.75, 3.05) is 5.32 Å². The zero-order valence-electron chi connectivity index (χ0n) is 11.8. The van der Waals surface area contributed by atoms with E-state index in [2.05, 4.69) is 10.4 Å². The van der Waals surface area contributed by atoms with E-state index in [4.69, 9.17) is 11.6 Å². The van der Waals surface area contributed by atoms with Crippen molar-refractivity contribution >= 4 is 17.3 Å². The zero-order chi connectivity index (χ0) is 15.8. The zero-order valence-corrected chi connectivity index (χ0v) is 12.6. The van der Waals surface area contributed by atoms with Crippen LogP contribution in [-0.2, 0) is 19.8 Å². The molecular weight excluding hydrogens is 303 g/mol. The molecule has 0 atom stereocenters. The van der Waals surface area contributed by atoms with E-state index < -0.39 is 11.7 Å². The molecule has 0 radical (unpaired) electrons. The quantitative estimate of drug-likeness (QED) is 0.913. The van der Waals surface area contributed by atoms with Gasteiger partial charge in [-0.25, -0.2) is 0 Å². The van der Waals surface area contributed by atoms with E-state index in [1.807, 2.05) is 0 Å². The van der Waals surface area contributed by atoms with Crippen molar-refractivity contribution in [2.24, 2.45) is 7.05 Å². The number of alkyl halides is 3. The molecule has 2 rings (SSSR count). The van der Waals surface area contributed by atoms with Crippen molar-refractivity contribution in [2.45, 2.75) is 26.6 Å². The molecular formula is C14H15ClF3N3. The molecule has 7 heteroatoms. The topological polar surface area (TPSA) is 29.9 Å². The van der Waals surface area contributed by atoms with Gasteiger partial charge in [0.2, 0.25) is 0 Å². The Morgan fingerprint density at radius 2 is 1.95 bits per heavy atom. The maximum absolute atomic E-state index is 12.7. The van der Waals surface area contributed by atoms with Crippen LogP contribution in [-0.4, -0.2) is 9.78 Å². The lowest BCUT2D eigenvalue weighted by atomic mass is 10.1. The summed E-state index contributed by atoms with van der Waals surface area (Å²) in [5, 5.41) is 7.68. The van der Waals surface area contributed by atoms with Gasteiger partial charge in [0, 0.05) is 12.7 Å². The fourth-order valence-electron chi connectivity index (χ4n) is 2.04. The molecule has 0 aliphatic rings. The third-order valence-corrected chi connectivity index (χ3v) is 3.76. The van der Waals surface area contributed by atoms with Gasteiger partial charge in [-0.05, 0) is 31.5 Å². The Bertz CT molecular complexity index is 662. The van der Waals surface area contributed by atoms with Crippen molar-refractivity contribution in [1.82, 2.24) is 9.78 Å². The van der Waals surface area contributed by atoms with Crippen LogP contribution in [0.1, 0.15) is 22.5 Å². The highest BCUT2D eigenvalue weighted by atomic mass is 35.5. The summed E-state index contributed by atoms with van der Waals surface area (Å²) in [6.45, 7) is 3.83. The predicted molar refractivity (Wildman–Crippen MR) is 76.5 cm³/mol. The van der Waals surface area contributed by atoms with E-state index in [1.165, 1.54) is 6.07 Å². The number of halogens is 4. The van der Waals surface area contributed by atoms with Crippen LogP contribution in [0.3, 0.4) is 0 Å². The highest BCUT2D eigenvalue weighted by Gasteiger charge is 2.30. The molecule has 0 aliphatic heterocycles. The van der Waals surface area contributed by atoms with Gasteiger partial charge < -0.3 is 5.32 Å². The van der Waals surface area contributed by atoms with Crippen molar-refractivity contribution in [3.63, 3.8) is 0 Å². The van der Waals surface area contributed by atoms with Gasteiger partial charge in [-0.15, -0.1) is 0 Å². The van der Waals surface area contributed by atoms with Crippen molar-refractivity contribution in [3.8, 4) is 0 Å². The summed E-state index contributed by atoms with van der Waals surface area (Å²) in [4.78, 5) is 0. The molecule has 2 aromatic rings. The second-order valence-corrected chi connectivity index (χ2v) is 5.23. The van der Waals surface area contributed by atoms with Crippen LogP contribution in [0.25, 0.3) is 0 Å². The highest BCUT2D eigenvalue weighted by Crippen LogP contribution is 2.32. The molecule has 0 amide bonds. The normalized spacial score (nSPS) is 11.8.